The number of benzene rings is 3. The van der Waals surface area contributed by atoms with Crippen LogP contribution in [-0.2, 0) is 4.79 Å². The molecule has 0 bridgehead atoms. The molecule has 3 aromatic rings. The lowest BCUT2D eigenvalue weighted by atomic mass is 10.2. The van der Waals surface area contributed by atoms with Crippen LogP contribution in [0.1, 0.15) is 11.1 Å². The highest BCUT2D eigenvalue weighted by atomic mass is 32.2. The smallest absolute Gasteiger partial charge is 0.270 e. The van der Waals surface area contributed by atoms with Crippen LogP contribution in [0.5, 0.6) is 17.2 Å². The highest BCUT2D eigenvalue weighted by Gasteiger charge is 2.33. The first kappa shape index (κ1) is 22.9. The minimum atomic E-state index is -0.118. The van der Waals surface area contributed by atoms with Crippen molar-refractivity contribution in [2.24, 2.45) is 0 Å². The number of anilines is 1. The number of amides is 1. The molecular weight excluding hydrogens is 454 g/mol. The molecule has 1 heterocycles. The fraction of sp³-hybridized carbons (Fsp3) is 0.154. The Labute approximate surface area is 203 Å². The van der Waals surface area contributed by atoms with E-state index in [-0.39, 0.29) is 5.91 Å². The summed E-state index contributed by atoms with van der Waals surface area (Å²) in [4.78, 5) is 15.1. The van der Waals surface area contributed by atoms with Crippen LogP contribution in [0, 0.1) is 6.92 Å². The van der Waals surface area contributed by atoms with Crippen LogP contribution in [0.3, 0.4) is 0 Å². The average Bonchev–Trinajstić information content (AvgIpc) is 3.10. The Bertz CT molecular complexity index is 1170. The molecule has 1 fully saturated rings. The molecule has 4 rings (SSSR count). The number of carbonyl (C=O) groups is 1. The molecule has 1 aliphatic heterocycles. The van der Waals surface area contributed by atoms with Gasteiger partial charge in [0.15, 0.2) is 4.32 Å². The van der Waals surface area contributed by atoms with E-state index in [9.17, 15) is 4.79 Å². The number of aryl methyl sites for hydroxylation is 1. The molecule has 0 unspecified atom stereocenters. The first-order valence-electron chi connectivity index (χ1n) is 10.4. The van der Waals surface area contributed by atoms with E-state index in [1.165, 1.54) is 11.8 Å². The Morgan fingerprint density at radius 1 is 0.909 bits per heavy atom. The van der Waals surface area contributed by atoms with Gasteiger partial charge < -0.3 is 14.2 Å². The number of thiocarbonyl (C=S) groups is 1. The number of carbonyl (C=O) groups excluding carboxylic acids is 1. The summed E-state index contributed by atoms with van der Waals surface area (Å²) in [5.74, 6) is 2.12. The van der Waals surface area contributed by atoms with Crippen molar-refractivity contribution in [3.8, 4) is 17.2 Å². The summed E-state index contributed by atoms with van der Waals surface area (Å²) in [5, 5.41) is 0. The first-order valence-corrected chi connectivity index (χ1v) is 11.6. The number of hydrogen-bond donors (Lipinski definition) is 0. The summed E-state index contributed by atoms with van der Waals surface area (Å²) in [7, 11) is 1.63. The molecule has 168 valence electrons. The minimum Gasteiger partial charge on any atom is -0.497 e. The Kier molecular flexibility index (Phi) is 7.32. The van der Waals surface area contributed by atoms with Gasteiger partial charge in [0.1, 0.15) is 30.5 Å². The maximum Gasteiger partial charge on any atom is 0.270 e. The SMILES string of the molecule is COc1ccc(OCCOc2cccc(/C=C3\SC(=S)N(c4ccc(C)cc4)C3=O)c2)cc1. The van der Waals surface area contributed by atoms with E-state index >= 15 is 0 Å². The second-order valence-electron chi connectivity index (χ2n) is 7.30. The van der Waals surface area contributed by atoms with Crippen molar-refractivity contribution < 1.29 is 19.0 Å². The summed E-state index contributed by atoms with van der Waals surface area (Å²) in [6, 6.07) is 22.8. The topological polar surface area (TPSA) is 48.0 Å². The fourth-order valence-electron chi connectivity index (χ4n) is 3.22. The summed E-state index contributed by atoms with van der Waals surface area (Å²) >= 11 is 6.76. The van der Waals surface area contributed by atoms with Crippen LogP contribution in [0.25, 0.3) is 6.08 Å². The van der Waals surface area contributed by atoms with Gasteiger partial charge >= 0.3 is 0 Å². The van der Waals surface area contributed by atoms with Gasteiger partial charge in [0.25, 0.3) is 5.91 Å². The number of ether oxygens (including phenoxy) is 3. The lowest BCUT2D eigenvalue weighted by Crippen LogP contribution is -2.27. The molecule has 1 aliphatic rings. The van der Waals surface area contributed by atoms with Gasteiger partial charge in [-0.3, -0.25) is 9.69 Å². The Balaban J connectivity index is 1.36. The van der Waals surface area contributed by atoms with Crippen LogP contribution >= 0.6 is 24.0 Å². The zero-order valence-electron chi connectivity index (χ0n) is 18.3. The predicted octanol–water partition coefficient (Wildman–Crippen LogP) is 5.87. The minimum absolute atomic E-state index is 0.118. The van der Waals surface area contributed by atoms with Crippen molar-refractivity contribution in [2.75, 3.05) is 25.2 Å². The van der Waals surface area contributed by atoms with Gasteiger partial charge in [-0.05, 0) is 67.1 Å². The van der Waals surface area contributed by atoms with Crippen LogP contribution in [-0.4, -0.2) is 30.6 Å². The molecule has 0 atom stereocenters. The predicted molar refractivity (Wildman–Crippen MR) is 137 cm³/mol. The number of methoxy groups -OCH3 is 1. The van der Waals surface area contributed by atoms with Gasteiger partial charge in [0, 0.05) is 0 Å². The lowest BCUT2D eigenvalue weighted by molar-refractivity contribution is -0.113. The highest BCUT2D eigenvalue weighted by Crippen LogP contribution is 2.36. The molecule has 0 aliphatic carbocycles. The molecule has 0 aromatic heterocycles. The summed E-state index contributed by atoms with van der Waals surface area (Å²) in [6.07, 6.45) is 1.84. The van der Waals surface area contributed by atoms with Crippen molar-refractivity contribution in [1.82, 2.24) is 0 Å². The molecule has 0 saturated carbocycles. The monoisotopic (exact) mass is 477 g/mol. The van der Waals surface area contributed by atoms with E-state index in [1.807, 2.05) is 85.8 Å². The van der Waals surface area contributed by atoms with Gasteiger partial charge in [0.05, 0.1) is 17.7 Å². The van der Waals surface area contributed by atoms with Crippen LogP contribution in [0.15, 0.2) is 77.7 Å². The summed E-state index contributed by atoms with van der Waals surface area (Å²) in [6.45, 7) is 2.81. The highest BCUT2D eigenvalue weighted by molar-refractivity contribution is 8.27. The molecular formula is C26H23NO4S2. The average molecular weight is 478 g/mol. The van der Waals surface area contributed by atoms with Crippen molar-refractivity contribution in [2.45, 2.75) is 6.92 Å². The van der Waals surface area contributed by atoms with E-state index in [2.05, 4.69) is 0 Å². The lowest BCUT2D eigenvalue weighted by Gasteiger charge is -2.14. The van der Waals surface area contributed by atoms with Crippen LogP contribution in [0.4, 0.5) is 5.69 Å². The molecule has 3 aromatic carbocycles. The van der Waals surface area contributed by atoms with Crippen molar-refractivity contribution in [3.63, 3.8) is 0 Å². The van der Waals surface area contributed by atoms with Crippen molar-refractivity contribution in [3.05, 3.63) is 88.8 Å². The summed E-state index contributed by atoms with van der Waals surface area (Å²) < 4.78 is 17.2. The molecule has 1 amide bonds. The van der Waals surface area contributed by atoms with Gasteiger partial charge in [-0.1, -0.05) is 53.8 Å². The molecule has 33 heavy (non-hydrogen) atoms. The molecule has 0 spiro atoms. The van der Waals surface area contributed by atoms with Gasteiger partial charge in [-0.2, -0.15) is 0 Å². The fourth-order valence-corrected chi connectivity index (χ4v) is 4.52. The standard InChI is InChI=1S/C26H23NO4S2/c1-18-6-8-20(9-7-18)27-25(28)24(33-26(27)32)17-19-4-3-5-23(16-19)31-15-14-30-22-12-10-21(29-2)11-13-22/h3-13,16-17H,14-15H2,1-2H3/b24-17-. The van der Waals surface area contributed by atoms with E-state index in [4.69, 9.17) is 26.4 Å². The zero-order valence-corrected chi connectivity index (χ0v) is 19.9. The van der Waals surface area contributed by atoms with Gasteiger partial charge in [-0.15, -0.1) is 0 Å². The zero-order chi connectivity index (χ0) is 23.2. The van der Waals surface area contributed by atoms with Crippen molar-refractivity contribution in [1.29, 1.82) is 0 Å². The number of hydrogen-bond acceptors (Lipinski definition) is 6. The number of thioether (sulfide) groups is 1. The number of nitrogens with zero attached hydrogens (tertiary/aromatic N) is 1. The Morgan fingerprint density at radius 3 is 2.27 bits per heavy atom. The Hall–Kier alpha value is -3.29. The molecule has 5 nitrogen and oxygen atoms in total. The number of rotatable bonds is 8. The summed E-state index contributed by atoms with van der Waals surface area (Å²) in [5.41, 5.74) is 2.78. The third-order valence-corrected chi connectivity index (χ3v) is 6.22. The van der Waals surface area contributed by atoms with E-state index in [1.54, 1.807) is 12.0 Å². The third-order valence-electron chi connectivity index (χ3n) is 4.92. The van der Waals surface area contributed by atoms with E-state index in [0.717, 1.165) is 28.3 Å². The van der Waals surface area contributed by atoms with E-state index in [0.29, 0.717) is 28.2 Å². The second kappa shape index (κ2) is 10.6. The molecule has 0 N–H and O–H groups in total. The third kappa shape index (κ3) is 5.74. The van der Waals surface area contributed by atoms with Gasteiger partial charge in [-0.25, -0.2) is 0 Å². The van der Waals surface area contributed by atoms with Gasteiger partial charge in [0.2, 0.25) is 0 Å². The molecule has 7 heteroatoms. The van der Waals surface area contributed by atoms with Crippen molar-refractivity contribution >= 4 is 46.0 Å². The molecule has 1 saturated heterocycles. The first-order chi connectivity index (χ1) is 16.0. The van der Waals surface area contributed by atoms with Crippen LogP contribution < -0.4 is 19.1 Å². The normalized spacial score (nSPS) is 14.6. The van der Waals surface area contributed by atoms with Crippen LogP contribution in [0.2, 0.25) is 0 Å². The maximum absolute atomic E-state index is 13.0. The maximum atomic E-state index is 13.0. The molecule has 0 radical (unpaired) electrons. The van der Waals surface area contributed by atoms with E-state index < -0.39 is 0 Å². The largest absolute Gasteiger partial charge is 0.497 e. The Morgan fingerprint density at radius 2 is 1.58 bits per heavy atom. The quantitative estimate of drug-likeness (QED) is 0.230. The second-order valence-corrected chi connectivity index (χ2v) is 8.97.